The molecule has 2 rings (SSSR count). The lowest BCUT2D eigenvalue weighted by Gasteiger charge is -2.04. The number of pyridine rings is 1. The largest absolute Gasteiger partial charge is 0.385 e. The maximum absolute atomic E-state index is 11.1. The van der Waals surface area contributed by atoms with Crippen LogP contribution >= 0.6 is 0 Å². The summed E-state index contributed by atoms with van der Waals surface area (Å²) in [5, 5.41) is 9.56. The molecule has 0 bridgehead atoms. The van der Waals surface area contributed by atoms with Gasteiger partial charge in [0.15, 0.2) is 5.43 Å². The van der Waals surface area contributed by atoms with Gasteiger partial charge in [-0.15, -0.1) is 0 Å². The molecule has 58 valence electrons. The van der Waals surface area contributed by atoms with E-state index in [1.165, 1.54) is 6.07 Å². The maximum Gasteiger partial charge on any atom is 0.187 e. The van der Waals surface area contributed by atoms with Crippen LogP contribution in [0.25, 0.3) is 0 Å². The lowest BCUT2D eigenvalue weighted by atomic mass is 10.1. The van der Waals surface area contributed by atoms with E-state index >= 15 is 0 Å². The first-order valence-electron chi connectivity index (χ1n) is 3.62. The fourth-order valence-corrected chi connectivity index (χ4v) is 1.17. The third-order valence-corrected chi connectivity index (χ3v) is 2.05. The summed E-state index contributed by atoms with van der Waals surface area (Å²) in [6.45, 7) is 0. The molecule has 1 aromatic rings. The van der Waals surface area contributed by atoms with Gasteiger partial charge in [0.2, 0.25) is 0 Å². The van der Waals surface area contributed by atoms with Gasteiger partial charge in [0.05, 0.1) is 5.60 Å². The van der Waals surface area contributed by atoms with E-state index in [4.69, 9.17) is 0 Å². The smallest absolute Gasteiger partial charge is 0.187 e. The third kappa shape index (κ3) is 0.973. The second-order valence-corrected chi connectivity index (χ2v) is 2.95. The molecule has 1 fully saturated rings. The van der Waals surface area contributed by atoms with Gasteiger partial charge in [-0.1, -0.05) is 0 Å². The van der Waals surface area contributed by atoms with Crippen molar-refractivity contribution in [3.8, 4) is 0 Å². The van der Waals surface area contributed by atoms with Gasteiger partial charge in [0.25, 0.3) is 0 Å². The fourth-order valence-electron chi connectivity index (χ4n) is 1.17. The van der Waals surface area contributed by atoms with Gasteiger partial charge in [0.1, 0.15) is 0 Å². The molecule has 1 saturated carbocycles. The summed E-state index contributed by atoms with van der Waals surface area (Å²) in [5.74, 6) is 0. The molecule has 0 spiro atoms. The zero-order valence-electron chi connectivity index (χ0n) is 6.00. The molecule has 1 aromatic heterocycles. The van der Waals surface area contributed by atoms with Crippen LogP contribution in [0.5, 0.6) is 0 Å². The third-order valence-electron chi connectivity index (χ3n) is 2.05. The summed E-state index contributed by atoms with van der Waals surface area (Å²) < 4.78 is 0. The van der Waals surface area contributed by atoms with Crippen molar-refractivity contribution < 1.29 is 5.11 Å². The van der Waals surface area contributed by atoms with Gasteiger partial charge in [-0.2, -0.15) is 0 Å². The SMILES string of the molecule is O=c1cc[nH]cc1C1(O)CC1. The molecule has 1 aliphatic rings. The van der Waals surface area contributed by atoms with Crippen molar-refractivity contribution in [2.45, 2.75) is 18.4 Å². The van der Waals surface area contributed by atoms with Crippen LogP contribution in [0, 0.1) is 0 Å². The summed E-state index contributed by atoms with van der Waals surface area (Å²) in [6.07, 6.45) is 4.56. The molecule has 0 aromatic carbocycles. The van der Waals surface area contributed by atoms with E-state index in [0.717, 1.165) is 0 Å². The Labute approximate surface area is 63.7 Å². The Morgan fingerprint density at radius 2 is 2.27 bits per heavy atom. The molecule has 3 nitrogen and oxygen atoms in total. The van der Waals surface area contributed by atoms with E-state index in [2.05, 4.69) is 4.98 Å². The van der Waals surface area contributed by atoms with Crippen molar-refractivity contribution in [2.75, 3.05) is 0 Å². The lowest BCUT2D eigenvalue weighted by molar-refractivity contribution is 0.150. The highest BCUT2D eigenvalue weighted by Gasteiger charge is 2.43. The number of nitrogens with one attached hydrogen (secondary N) is 1. The monoisotopic (exact) mass is 151 g/mol. The van der Waals surface area contributed by atoms with Crippen LogP contribution in [0.1, 0.15) is 18.4 Å². The minimum absolute atomic E-state index is 0.0799. The average molecular weight is 151 g/mol. The number of H-pyrrole nitrogens is 1. The highest BCUT2D eigenvalue weighted by Crippen LogP contribution is 2.43. The zero-order valence-corrected chi connectivity index (χ0v) is 6.00. The van der Waals surface area contributed by atoms with Crippen LogP contribution in [0.2, 0.25) is 0 Å². The minimum atomic E-state index is -0.811. The van der Waals surface area contributed by atoms with Crippen molar-refractivity contribution in [3.05, 3.63) is 34.2 Å². The number of hydrogen-bond acceptors (Lipinski definition) is 2. The first kappa shape index (κ1) is 6.61. The van der Waals surface area contributed by atoms with Gasteiger partial charge in [-0.05, 0) is 12.8 Å². The predicted molar refractivity (Wildman–Crippen MR) is 40.2 cm³/mol. The molecule has 1 heterocycles. The van der Waals surface area contributed by atoms with Crippen molar-refractivity contribution in [3.63, 3.8) is 0 Å². The average Bonchev–Trinajstić information content (AvgIpc) is 2.70. The molecule has 0 atom stereocenters. The van der Waals surface area contributed by atoms with Crippen LogP contribution in [0.15, 0.2) is 23.3 Å². The second kappa shape index (κ2) is 1.95. The Kier molecular flexibility index (Phi) is 1.17. The second-order valence-electron chi connectivity index (χ2n) is 2.95. The molecule has 2 N–H and O–H groups in total. The van der Waals surface area contributed by atoms with E-state index in [9.17, 15) is 9.90 Å². The molecule has 0 saturated heterocycles. The Morgan fingerprint density at radius 3 is 2.82 bits per heavy atom. The maximum atomic E-state index is 11.1. The molecular weight excluding hydrogens is 142 g/mol. The number of aliphatic hydroxyl groups is 1. The molecule has 0 unspecified atom stereocenters. The fraction of sp³-hybridized carbons (Fsp3) is 0.375. The Bertz CT molecular complexity index is 325. The first-order valence-corrected chi connectivity index (χ1v) is 3.62. The number of aromatic amines is 1. The highest BCUT2D eigenvalue weighted by molar-refractivity contribution is 5.23. The van der Waals surface area contributed by atoms with Crippen LogP contribution in [-0.2, 0) is 5.60 Å². The number of rotatable bonds is 1. The zero-order chi connectivity index (χ0) is 7.90. The van der Waals surface area contributed by atoms with Gasteiger partial charge in [0, 0.05) is 24.0 Å². The van der Waals surface area contributed by atoms with Gasteiger partial charge in [-0.3, -0.25) is 4.79 Å². The van der Waals surface area contributed by atoms with E-state index in [1.54, 1.807) is 12.4 Å². The molecule has 0 amide bonds. The Hall–Kier alpha value is -1.09. The topological polar surface area (TPSA) is 53.1 Å². The van der Waals surface area contributed by atoms with Gasteiger partial charge < -0.3 is 10.1 Å². The Morgan fingerprint density at radius 1 is 1.55 bits per heavy atom. The normalized spacial score (nSPS) is 19.7. The summed E-state index contributed by atoms with van der Waals surface area (Å²) in [7, 11) is 0. The molecule has 3 heteroatoms. The predicted octanol–water partition coefficient (Wildman–Crippen LogP) is 0.356. The number of hydrogen-bond donors (Lipinski definition) is 2. The van der Waals surface area contributed by atoms with Crippen LogP contribution in [-0.4, -0.2) is 10.1 Å². The highest BCUT2D eigenvalue weighted by atomic mass is 16.3. The van der Waals surface area contributed by atoms with E-state index in [0.29, 0.717) is 18.4 Å². The van der Waals surface area contributed by atoms with Crippen LogP contribution < -0.4 is 5.43 Å². The molecular formula is C8H9NO2. The minimum Gasteiger partial charge on any atom is -0.385 e. The van der Waals surface area contributed by atoms with E-state index < -0.39 is 5.60 Å². The summed E-state index contributed by atoms with van der Waals surface area (Å²) >= 11 is 0. The number of aromatic nitrogens is 1. The summed E-state index contributed by atoms with van der Waals surface area (Å²) in [4.78, 5) is 13.9. The van der Waals surface area contributed by atoms with Crippen molar-refractivity contribution in [2.24, 2.45) is 0 Å². The van der Waals surface area contributed by atoms with E-state index in [1.807, 2.05) is 0 Å². The lowest BCUT2D eigenvalue weighted by Crippen LogP contribution is -2.17. The van der Waals surface area contributed by atoms with Gasteiger partial charge >= 0.3 is 0 Å². The quantitative estimate of drug-likeness (QED) is 0.608. The summed E-state index contributed by atoms with van der Waals surface area (Å²) in [6, 6.07) is 1.44. The Balaban J connectivity index is 2.53. The van der Waals surface area contributed by atoms with Crippen LogP contribution in [0.4, 0.5) is 0 Å². The molecule has 11 heavy (non-hydrogen) atoms. The molecule has 1 aliphatic carbocycles. The molecule has 0 aliphatic heterocycles. The van der Waals surface area contributed by atoms with Crippen molar-refractivity contribution in [1.29, 1.82) is 0 Å². The van der Waals surface area contributed by atoms with Crippen molar-refractivity contribution >= 4 is 0 Å². The van der Waals surface area contributed by atoms with E-state index in [-0.39, 0.29) is 5.43 Å². The standard InChI is InChI=1S/C8H9NO2/c10-7-1-4-9-5-6(7)8(11)2-3-8/h1,4-5,11H,2-3H2,(H,9,10). The van der Waals surface area contributed by atoms with Crippen molar-refractivity contribution in [1.82, 2.24) is 4.98 Å². The first-order chi connectivity index (χ1) is 5.22. The van der Waals surface area contributed by atoms with Gasteiger partial charge in [-0.25, -0.2) is 0 Å². The summed E-state index contributed by atoms with van der Waals surface area (Å²) in [5.41, 5.74) is -0.391. The van der Waals surface area contributed by atoms with Crippen LogP contribution in [0.3, 0.4) is 0 Å². The molecule has 0 radical (unpaired) electrons.